The quantitative estimate of drug-likeness (QED) is 0.0532. The number of nitrogens with zero attached hydrogens (tertiary/aromatic N) is 4. The van der Waals surface area contributed by atoms with Gasteiger partial charge in [-0.2, -0.15) is 4.31 Å². The van der Waals surface area contributed by atoms with E-state index in [-0.39, 0.29) is 0 Å². The van der Waals surface area contributed by atoms with Gasteiger partial charge in [-0.05, 0) is 5.53 Å². The molecule has 0 aliphatic carbocycles. The lowest BCUT2D eigenvalue weighted by atomic mass is 10.00. The second-order valence-electron chi connectivity index (χ2n) is 8.03. The van der Waals surface area contributed by atoms with E-state index in [2.05, 4.69) is 23.4 Å². The van der Waals surface area contributed by atoms with Crippen LogP contribution in [0.5, 0.6) is 0 Å². The van der Waals surface area contributed by atoms with Crippen molar-refractivity contribution in [1.82, 2.24) is 9.55 Å². The number of phosphoric ester groups is 2. The van der Waals surface area contributed by atoms with E-state index >= 15 is 0 Å². The lowest BCUT2D eigenvalue weighted by Gasteiger charge is -2.39. The highest BCUT2D eigenvalue weighted by molar-refractivity contribution is 7.61. The highest BCUT2D eigenvalue weighted by Gasteiger charge is 2.49. The molecule has 0 amide bonds. The van der Waals surface area contributed by atoms with E-state index in [4.69, 9.17) is 20.1 Å². The highest BCUT2D eigenvalue weighted by Crippen LogP contribution is 2.61. The molecule has 3 rings (SSSR count). The molecule has 0 bridgehead atoms. The lowest BCUT2D eigenvalue weighted by Crippen LogP contribution is -2.58. The van der Waals surface area contributed by atoms with Crippen LogP contribution in [0.25, 0.3) is 10.4 Å². The third-order valence-corrected chi connectivity index (χ3v) is 8.01. The van der Waals surface area contributed by atoms with Crippen molar-refractivity contribution in [2.45, 2.75) is 55.2 Å². The first-order valence-corrected chi connectivity index (χ1v) is 13.5. The van der Waals surface area contributed by atoms with Gasteiger partial charge in [-0.15, -0.1) is 0 Å². The maximum atomic E-state index is 12.2. The Hall–Kier alpha value is -2.07. The number of aliphatic hydroxyl groups is 6. The Bertz CT molecular complexity index is 1300. The molecule has 0 spiro atoms. The molecular formula is C15H23N5O17P2. The van der Waals surface area contributed by atoms with Gasteiger partial charge in [0.25, 0.3) is 5.56 Å². The summed E-state index contributed by atoms with van der Waals surface area (Å²) in [5.41, 5.74) is 5.68. The fourth-order valence-corrected chi connectivity index (χ4v) is 5.66. The monoisotopic (exact) mass is 607 g/mol. The molecule has 24 heteroatoms. The van der Waals surface area contributed by atoms with Crippen molar-refractivity contribution in [3.05, 3.63) is 37.5 Å². The molecule has 2 aliphatic heterocycles. The van der Waals surface area contributed by atoms with Gasteiger partial charge in [0.1, 0.15) is 48.4 Å². The van der Waals surface area contributed by atoms with Crippen LogP contribution >= 0.6 is 15.6 Å². The Morgan fingerprint density at radius 1 is 1.00 bits per heavy atom. The number of aliphatic hydroxyl groups excluding tert-OH is 6. The van der Waals surface area contributed by atoms with E-state index in [9.17, 15) is 54.0 Å². The third kappa shape index (κ3) is 7.17. The molecule has 11 atom stereocenters. The minimum Gasteiger partial charge on any atom is -0.394 e. The van der Waals surface area contributed by atoms with Crippen LogP contribution in [0, 0.1) is 0 Å². The Morgan fingerprint density at radius 3 is 2.26 bits per heavy atom. The number of nitrogens with one attached hydrogen (secondary N) is 1. The van der Waals surface area contributed by atoms with Crippen LogP contribution in [0.2, 0.25) is 0 Å². The van der Waals surface area contributed by atoms with Crippen LogP contribution in [-0.2, 0) is 32.0 Å². The summed E-state index contributed by atoms with van der Waals surface area (Å²) in [5.74, 6) is 0. The number of azide groups is 1. The van der Waals surface area contributed by atoms with Gasteiger partial charge in [0.2, 0.25) is 0 Å². The summed E-state index contributed by atoms with van der Waals surface area (Å²) < 4.78 is 48.0. The van der Waals surface area contributed by atoms with Gasteiger partial charge in [0, 0.05) is 11.1 Å². The van der Waals surface area contributed by atoms with Gasteiger partial charge >= 0.3 is 21.3 Å². The van der Waals surface area contributed by atoms with Crippen LogP contribution in [0.4, 0.5) is 5.69 Å². The van der Waals surface area contributed by atoms with Gasteiger partial charge in [-0.3, -0.25) is 23.4 Å². The number of aromatic nitrogens is 2. The zero-order valence-corrected chi connectivity index (χ0v) is 20.9. The normalized spacial score (nSPS) is 36.1. The predicted octanol–water partition coefficient (Wildman–Crippen LogP) is -3.85. The van der Waals surface area contributed by atoms with Crippen LogP contribution < -0.4 is 11.2 Å². The van der Waals surface area contributed by atoms with E-state index in [1.54, 1.807) is 4.98 Å². The van der Waals surface area contributed by atoms with E-state index in [1.807, 2.05) is 0 Å². The van der Waals surface area contributed by atoms with Gasteiger partial charge in [-0.1, -0.05) is 5.11 Å². The number of hydrogen-bond acceptors (Lipinski definition) is 16. The first-order chi connectivity index (χ1) is 18.1. The zero-order valence-electron chi connectivity index (χ0n) is 19.1. The molecule has 2 unspecified atom stereocenters. The van der Waals surface area contributed by atoms with Gasteiger partial charge in [0.05, 0.1) is 13.2 Å². The first-order valence-electron chi connectivity index (χ1n) is 10.5. The summed E-state index contributed by atoms with van der Waals surface area (Å²) in [4.78, 5) is 47.6. The van der Waals surface area contributed by atoms with Crippen molar-refractivity contribution >= 4 is 21.3 Å². The van der Waals surface area contributed by atoms with Crippen LogP contribution in [0.1, 0.15) is 6.23 Å². The van der Waals surface area contributed by atoms with E-state index in [0.29, 0.717) is 10.8 Å². The molecule has 39 heavy (non-hydrogen) atoms. The first kappa shape index (κ1) is 31.5. The molecule has 2 aliphatic rings. The molecular weight excluding hydrogens is 584 g/mol. The summed E-state index contributed by atoms with van der Waals surface area (Å²) in [7, 11) is -11.2. The minimum absolute atomic E-state index is 0.546. The van der Waals surface area contributed by atoms with E-state index in [1.165, 1.54) is 0 Å². The number of H-pyrrole nitrogens is 1. The molecule has 0 saturated carbocycles. The molecule has 1 aromatic heterocycles. The summed E-state index contributed by atoms with van der Waals surface area (Å²) >= 11 is 0. The summed E-state index contributed by atoms with van der Waals surface area (Å²) in [5, 5.41) is 61.9. The summed E-state index contributed by atoms with van der Waals surface area (Å²) in [6, 6.07) is 0. The van der Waals surface area contributed by atoms with Crippen molar-refractivity contribution in [1.29, 1.82) is 0 Å². The fraction of sp³-hybridized carbons (Fsp3) is 0.733. The Kier molecular flexibility index (Phi) is 9.85. The minimum atomic E-state index is -5.64. The van der Waals surface area contributed by atoms with Crippen molar-refractivity contribution in [2.75, 3.05) is 13.2 Å². The number of hydrogen-bond donors (Lipinski definition) is 9. The number of ether oxygens (including phenoxy) is 2. The van der Waals surface area contributed by atoms with Gasteiger partial charge in [-0.25, -0.2) is 13.9 Å². The second kappa shape index (κ2) is 12.2. The fourth-order valence-electron chi connectivity index (χ4n) is 3.51. The summed E-state index contributed by atoms with van der Waals surface area (Å²) in [6.07, 6.45) is -16.3. The second-order valence-corrected chi connectivity index (χ2v) is 11.0. The van der Waals surface area contributed by atoms with Crippen LogP contribution in [0.3, 0.4) is 0 Å². The van der Waals surface area contributed by atoms with Crippen molar-refractivity contribution in [3.8, 4) is 0 Å². The predicted molar refractivity (Wildman–Crippen MR) is 118 cm³/mol. The lowest BCUT2D eigenvalue weighted by molar-refractivity contribution is -0.280. The Balaban J connectivity index is 1.66. The van der Waals surface area contributed by atoms with Crippen LogP contribution in [0.15, 0.2) is 20.9 Å². The molecule has 2 saturated heterocycles. The SMILES string of the molecule is [N-]=[N+]=Nc1cn([C@@H]2O[C@H](COP(=O)(O)OP(=O)(O)O[C@H]3O[C@H](CO)[C@@H](O)[C@H](O)[C@H]3O)[C@@H](O)[C@H]2O)c(=O)[nH]c1=O. The third-order valence-electron chi connectivity index (χ3n) is 5.41. The molecule has 3 heterocycles. The number of phosphoric acid groups is 2. The van der Waals surface area contributed by atoms with Crippen molar-refractivity contribution < 1.29 is 72.4 Å². The largest absolute Gasteiger partial charge is 0.483 e. The Morgan fingerprint density at radius 2 is 1.64 bits per heavy atom. The molecule has 2 fully saturated rings. The number of aromatic amines is 1. The smallest absolute Gasteiger partial charge is 0.394 e. The molecule has 0 radical (unpaired) electrons. The zero-order chi connectivity index (χ0) is 29.3. The van der Waals surface area contributed by atoms with Gasteiger partial charge < -0.3 is 49.9 Å². The average Bonchev–Trinajstić information content (AvgIpc) is 3.12. The molecule has 0 aromatic carbocycles. The maximum absolute atomic E-state index is 12.2. The van der Waals surface area contributed by atoms with Crippen molar-refractivity contribution in [3.63, 3.8) is 0 Å². The maximum Gasteiger partial charge on any atom is 0.483 e. The average molecular weight is 607 g/mol. The van der Waals surface area contributed by atoms with Crippen LogP contribution in [-0.4, -0.2) is 112 Å². The van der Waals surface area contributed by atoms with E-state index < -0.39 is 101 Å². The highest BCUT2D eigenvalue weighted by atomic mass is 31.3. The molecule has 9 N–H and O–H groups in total. The van der Waals surface area contributed by atoms with Crippen molar-refractivity contribution in [2.24, 2.45) is 5.11 Å². The topological polar surface area (TPSA) is 346 Å². The molecule has 1 aromatic rings. The molecule has 220 valence electrons. The van der Waals surface area contributed by atoms with E-state index in [0.717, 1.165) is 0 Å². The Labute approximate surface area is 215 Å². The standard InChI is InChI=1S/C15H23N5O17P2/c16-19-18-4-1-20(15(28)17-12(4)27)13-10(25)8(23)6(34-13)3-33-38(29,30)37-39(31,32)36-14-11(26)9(24)7(22)5(2-21)35-14/h1,5-11,13-14,21-26H,2-3H2,(H,29,30)(H,31,32)(H,17,27,28)/t5-,6-,7-,8-,9+,10-,11-,13-,14-/m1/s1. The number of rotatable bonds is 10. The molecule has 22 nitrogen and oxygen atoms in total. The van der Waals surface area contributed by atoms with Gasteiger partial charge in [0.15, 0.2) is 12.5 Å². The summed E-state index contributed by atoms with van der Waals surface area (Å²) in [6.45, 7) is -2.03.